The van der Waals surface area contributed by atoms with Gasteiger partial charge in [-0.1, -0.05) is 15.9 Å². The maximum absolute atomic E-state index is 11.9. The molecule has 5 nitrogen and oxygen atoms in total. The summed E-state index contributed by atoms with van der Waals surface area (Å²) in [5.74, 6) is 0.483. The van der Waals surface area contributed by atoms with Gasteiger partial charge in [-0.2, -0.15) is 0 Å². The van der Waals surface area contributed by atoms with Crippen LogP contribution in [-0.4, -0.2) is 36.4 Å². The number of carbonyl (C=O) groups excluding carboxylic acids is 2. The summed E-state index contributed by atoms with van der Waals surface area (Å²) in [7, 11) is 1.58. The fraction of sp³-hybridized carbons (Fsp3) is 0.385. The molecule has 0 bridgehead atoms. The van der Waals surface area contributed by atoms with Crippen LogP contribution in [0, 0.1) is 0 Å². The van der Waals surface area contributed by atoms with Crippen molar-refractivity contribution in [2.45, 2.75) is 19.5 Å². The normalized spacial score (nSPS) is 19.3. The van der Waals surface area contributed by atoms with Gasteiger partial charge in [0.25, 0.3) is 0 Å². The van der Waals surface area contributed by atoms with Crippen LogP contribution in [0.15, 0.2) is 22.7 Å². The quantitative estimate of drug-likeness (QED) is 0.911. The number of halogens is 1. The van der Waals surface area contributed by atoms with Gasteiger partial charge >= 0.3 is 0 Å². The molecular weight excluding hydrogens is 312 g/mol. The lowest BCUT2D eigenvalue weighted by Crippen LogP contribution is -2.56. The van der Waals surface area contributed by atoms with E-state index in [9.17, 15) is 9.59 Å². The predicted octanol–water partition coefficient (Wildman–Crippen LogP) is 1.30. The summed E-state index contributed by atoms with van der Waals surface area (Å²) in [5.41, 5.74) is 0.867. The summed E-state index contributed by atoms with van der Waals surface area (Å²) in [5, 5.41) is 2.57. The van der Waals surface area contributed by atoms with E-state index < -0.39 is 6.04 Å². The Balaban J connectivity index is 2.26. The average Bonchev–Trinajstić information content (AvgIpc) is 2.39. The Morgan fingerprint density at radius 1 is 1.47 bits per heavy atom. The minimum atomic E-state index is -0.468. The molecule has 1 aliphatic rings. The van der Waals surface area contributed by atoms with Crippen molar-refractivity contribution in [1.82, 2.24) is 10.2 Å². The molecule has 0 radical (unpaired) electrons. The van der Waals surface area contributed by atoms with E-state index in [0.717, 1.165) is 10.0 Å². The van der Waals surface area contributed by atoms with Crippen LogP contribution >= 0.6 is 15.9 Å². The summed E-state index contributed by atoms with van der Waals surface area (Å²) in [6.07, 6.45) is 0. The Labute approximate surface area is 120 Å². The Morgan fingerprint density at radius 3 is 2.89 bits per heavy atom. The van der Waals surface area contributed by atoms with Gasteiger partial charge in [0.15, 0.2) is 0 Å². The molecule has 6 heteroatoms. The van der Waals surface area contributed by atoms with Crippen molar-refractivity contribution >= 4 is 27.7 Å². The smallest absolute Gasteiger partial charge is 0.242 e. The Hall–Kier alpha value is -1.56. The molecule has 0 aromatic heterocycles. The van der Waals surface area contributed by atoms with Crippen molar-refractivity contribution in [3.05, 3.63) is 28.2 Å². The van der Waals surface area contributed by atoms with Gasteiger partial charge in [0.1, 0.15) is 11.8 Å². The largest absolute Gasteiger partial charge is 0.496 e. The molecule has 102 valence electrons. The van der Waals surface area contributed by atoms with Gasteiger partial charge in [-0.3, -0.25) is 9.59 Å². The van der Waals surface area contributed by atoms with Crippen molar-refractivity contribution in [2.24, 2.45) is 0 Å². The summed E-state index contributed by atoms with van der Waals surface area (Å²) in [6.45, 7) is 2.13. The molecule has 1 fully saturated rings. The topological polar surface area (TPSA) is 58.6 Å². The first-order chi connectivity index (χ1) is 9.02. The molecular formula is C13H15BrN2O3. The number of piperazine rings is 1. The molecule has 1 aromatic carbocycles. The summed E-state index contributed by atoms with van der Waals surface area (Å²) >= 11 is 3.39. The molecule has 1 unspecified atom stereocenters. The summed E-state index contributed by atoms with van der Waals surface area (Å²) < 4.78 is 6.19. The molecule has 1 heterocycles. The van der Waals surface area contributed by atoms with Crippen molar-refractivity contribution < 1.29 is 14.3 Å². The number of carbonyl (C=O) groups is 2. The Morgan fingerprint density at radius 2 is 2.21 bits per heavy atom. The lowest BCUT2D eigenvalue weighted by Gasteiger charge is -2.33. The van der Waals surface area contributed by atoms with Crippen molar-refractivity contribution in [1.29, 1.82) is 0 Å². The van der Waals surface area contributed by atoms with Gasteiger partial charge in [-0.25, -0.2) is 0 Å². The highest BCUT2D eigenvalue weighted by atomic mass is 79.9. The summed E-state index contributed by atoms with van der Waals surface area (Å²) in [6, 6.07) is 5.13. The van der Waals surface area contributed by atoms with Crippen LogP contribution in [0.4, 0.5) is 0 Å². The van der Waals surface area contributed by atoms with Crippen LogP contribution in [0.1, 0.15) is 12.5 Å². The van der Waals surface area contributed by atoms with Gasteiger partial charge in [0, 0.05) is 10.0 Å². The molecule has 1 saturated heterocycles. The SMILES string of the molecule is COc1ccc(Br)cc1CN1C(=O)CNC(=O)C1C. The van der Waals surface area contributed by atoms with E-state index in [1.165, 1.54) is 0 Å². The maximum atomic E-state index is 11.9. The third-order valence-electron chi connectivity index (χ3n) is 3.16. The van der Waals surface area contributed by atoms with Gasteiger partial charge in [0.2, 0.25) is 11.8 Å². The molecule has 1 aromatic rings. The first kappa shape index (κ1) is 13.9. The number of ether oxygens (including phenoxy) is 1. The fourth-order valence-corrected chi connectivity index (χ4v) is 2.46. The minimum Gasteiger partial charge on any atom is -0.496 e. The molecule has 1 N–H and O–H groups in total. The monoisotopic (exact) mass is 326 g/mol. The van der Waals surface area contributed by atoms with Crippen molar-refractivity contribution in [3.63, 3.8) is 0 Å². The number of nitrogens with zero attached hydrogens (tertiary/aromatic N) is 1. The summed E-state index contributed by atoms with van der Waals surface area (Å²) in [4.78, 5) is 25.1. The highest BCUT2D eigenvalue weighted by Crippen LogP contribution is 2.25. The van der Waals surface area contributed by atoms with Crippen molar-refractivity contribution in [2.75, 3.05) is 13.7 Å². The first-order valence-electron chi connectivity index (χ1n) is 5.92. The van der Waals surface area contributed by atoms with E-state index in [4.69, 9.17) is 4.74 Å². The number of hydrogen-bond acceptors (Lipinski definition) is 3. The van der Waals surface area contributed by atoms with Crippen molar-refractivity contribution in [3.8, 4) is 5.75 Å². The second-order valence-electron chi connectivity index (χ2n) is 4.37. The van der Waals surface area contributed by atoms with Crippen LogP contribution in [0.3, 0.4) is 0 Å². The van der Waals surface area contributed by atoms with E-state index in [-0.39, 0.29) is 18.4 Å². The van der Waals surface area contributed by atoms with Gasteiger partial charge in [0.05, 0.1) is 20.2 Å². The lowest BCUT2D eigenvalue weighted by molar-refractivity contribution is -0.145. The minimum absolute atomic E-state index is 0.0551. The van der Waals surface area contributed by atoms with E-state index in [1.807, 2.05) is 18.2 Å². The second-order valence-corrected chi connectivity index (χ2v) is 5.29. The highest BCUT2D eigenvalue weighted by molar-refractivity contribution is 9.10. The third kappa shape index (κ3) is 2.89. The predicted molar refractivity (Wildman–Crippen MR) is 73.7 cm³/mol. The zero-order chi connectivity index (χ0) is 14.0. The Kier molecular flexibility index (Phi) is 4.09. The Bertz CT molecular complexity index is 519. The molecule has 1 aliphatic heterocycles. The van der Waals surface area contributed by atoms with Gasteiger partial charge in [-0.05, 0) is 25.1 Å². The van der Waals surface area contributed by atoms with E-state index in [2.05, 4.69) is 21.2 Å². The van der Waals surface area contributed by atoms with Crippen LogP contribution in [0.2, 0.25) is 0 Å². The number of nitrogens with one attached hydrogen (secondary N) is 1. The molecule has 2 amide bonds. The zero-order valence-electron chi connectivity index (χ0n) is 10.8. The molecule has 0 saturated carbocycles. The number of hydrogen-bond donors (Lipinski definition) is 1. The van der Waals surface area contributed by atoms with Crippen LogP contribution in [0.25, 0.3) is 0 Å². The molecule has 0 aliphatic carbocycles. The molecule has 2 rings (SSSR count). The van der Waals surface area contributed by atoms with Crippen LogP contribution in [0.5, 0.6) is 5.75 Å². The lowest BCUT2D eigenvalue weighted by atomic mass is 10.1. The zero-order valence-corrected chi connectivity index (χ0v) is 12.4. The fourth-order valence-electron chi connectivity index (χ4n) is 2.05. The number of amides is 2. The first-order valence-corrected chi connectivity index (χ1v) is 6.72. The standard InChI is InChI=1S/C13H15BrN2O3/c1-8-13(18)15-6-12(17)16(8)7-9-5-10(14)3-4-11(9)19-2/h3-5,8H,6-7H2,1-2H3,(H,15,18). The van der Waals surface area contributed by atoms with E-state index >= 15 is 0 Å². The third-order valence-corrected chi connectivity index (χ3v) is 3.66. The molecule has 1 atom stereocenters. The molecule has 0 spiro atoms. The van der Waals surface area contributed by atoms with Crippen LogP contribution < -0.4 is 10.1 Å². The van der Waals surface area contributed by atoms with Gasteiger partial charge in [-0.15, -0.1) is 0 Å². The average molecular weight is 327 g/mol. The van der Waals surface area contributed by atoms with Gasteiger partial charge < -0.3 is 15.0 Å². The highest BCUT2D eigenvalue weighted by Gasteiger charge is 2.31. The van der Waals surface area contributed by atoms with E-state index in [0.29, 0.717) is 12.3 Å². The second kappa shape index (κ2) is 5.61. The number of methoxy groups -OCH3 is 1. The maximum Gasteiger partial charge on any atom is 0.242 e. The van der Waals surface area contributed by atoms with E-state index in [1.54, 1.807) is 18.9 Å². The van der Waals surface area contributed by atoms with Crippen LogP contribution in [-0.2, 0) is 16.1 Å². The number of benzene rings is 1. The number of rotatable bonds is 3. The molecule has 19 heavy (non-hydrogen) atoms.